The molecule has 4 rings (SSSR count). The van der Waals surface area contributed by atoms with E-state index in [2.05, 4.69) is 21.4 Å². The minimum atomic E-state index is -0.286. The SMILES string of the molecule is COc1cc(Cl)c(C#N)c(-c2c(-c3ccc4c(=O)[nH]nc(CN)c4c3)cnn2C)c1. The van der Waals surface area contributed by atoms with Crippen LogP contribution < -0.4 is 16.0 Å². The third kappa shape index (κ3) is 3.10. The van der Waals surface area contributed by atoms with E-state index in [4.69, 9.17) is 22.1 Å². The lowest BCUT2D eigenvalue weighted by Crippen LogP contribution is -2.13. The quantitative estimate of drug-likeness (QED) is 0.523. The van der Waals surface area contributed by atoms with Crippen LogP contribution in [0, 0.1) is 11.3 Å². The molecule has 8 nitrogen and oxygen atoms in total. The third-order valence-corrected chi connectivity index (χ3v) is 5.28. The van der Waals surface area contributed by atoms with Gasteiger partial charge in [-0.15, -0.1) is 0 Å². The van der Waals surface area contributed by atoms with E-state index in [0.717, 1.165) is 11.1 Å². The van der Waals surface area contributed by atoms with E-state index in [1.165, 1.54) is 7.11 Å². The number of nitrogens with two attached hydrogens (primary N) is 1. The number of aromatic amines is 1. The number of rotatable bonds is 4. The second kappa shape index (κ2) is 7.63. The Hall–Kier alpha value is -3.67. The highest BCUT2D eigenvalue weighted by molar-refractivity contribution is 6.32. The normalized spacial score (nSPS) is 10.9. The molecule has 0 saturated heterocycles. The van der Waals surface area contributed by atoms with Crippen LogP contribution in [0.4, 0.5) is 0 Å². The molecule has 0 aliphatic rings. The molecule has 9 heteroatoms. The molecule has 150 valence electrons. The van der Waals surface area contributed by atoms with Crippen molar-refractivity contribution in [2.24, 2.45) is 12.8 Å². The van der Waals surface area contributed by atoms with Crippen LogP contribution in [-0.4, -0.2) is 27.1 Å². The van der Waals surface area contributed by atoms with E-state index in [1.54, 1.807) is 36.1 Å². The molecule has 0 spiro atoms. The molecule has 3 N–H and O–H groups in total. The second-order valence-electron chi connectivity index (χ2n) is 6.64. The number of H-pyrrole nitrogens is 1. The van der Waals surface area contributed by atoms with Gasteiger partial charge >= 0.3 is 0 Å². The monoisotopic (exact) mass is 420 g/mol. The van der Waals surface area contributed by atoms with Gasteiger partial charge in [0.2, 0.25) is 0 Å². The number of nitrogens with one attached hydrogen (secondary N) is 1. The fourth-order valence-corrected chi connectivity index (χ4v) is 3.76. The lowest BCUT2D eigenvalue weighted by Gasteiger charge is -2.12. The largest absolute Gasteiger partial charge is 0.497 e. The van der Waals surface area contributed by atoms with Crippen LogP contribution in [0.3, 0.4) is 0 Å². The molecule has 0 unspecified atom stereocenters. The molecule has 0 aliphatic heterocycles. The molecular weight excluding hydrogens is 404 g/mol. The Morgan fingerprint density at radius 1 is 1.27 bits per heavy atom. The highest BCUT2D eigenvalue weighted by Gasteiger charge is 2.20. The summed E-state index contributed by atoms with van der Waals surface area (Å²) in [4.78, 5) is 12.1. The van der Waals surface area contributed by atoms with Crippen LogP contribution in [0.1, 0.15) is 11.3 Å². The number of hydrogen-bond donors (Lipinski definition) is 2. The Bertz CT molecular complexity index is 1380. The zero-order valence-electron chi connectivity index (χ0n) is 16.2. The maximum Gasteiger partial charge on any atom is 0.272 e. The van der Waals surface area contributed by atoms with Crippen molar-refractivity contribution >= 4 is 22.4 Å². The maximum atomic E-state index is 12.1. The summed E-state index contributed by atoms with van der Waals surface area (Å²) < 4.78 is 7.01. The molecule has 0 saturated carbocycles. The van der Waals surface area contributed by atoms with Gasteiger partial charge in [-0.25, -0.2) is 5.10 Å². The average Bonchev–Trinajstić information content (AvgIpc) is 3.14. The Morgan fingerprint density at radius 3 is 2.77 bits per heavy atom. The van der Waals surface area contributed by atoms with Crippen molar-refractivity contribution in [3.05, 3.63) is 63.2 Å². The second-order valence-corrected chi connectivity index (χ2v) is 7.05. The minimum Gasteiger partial charge on any atom is -0.497 e. The first-order valence-electron chi connectivity index (χ1n) is 9.00. The number of nitriles is 1. The summed E-state index contributed by atoms with van der Waals surface area (Å²) >= 11 is 6.32. The molecule has 2 aromatic carbocycles. The summed E-state index contributed by atoms with van der Waals surface area (Å²) in [6, 6.07) is 10.9. The molecule has 30 heavy (non-hydrogen) atoms. The van der Waals surface area contributed by atoms with Gasteiger partial charge in [-0.05, 0) is 23.8 Å². The smallest absolute Gasteiger partial charge is 0.272 e. The highest BCUT2D eigenvalue weighted by atomic mass is 35.5. The van der Waals surface area contributed by atoms with E-state index >= 15 is 0 Å². The number of nitrogens with zero attached hydrogens (tertiary/aromatic N) is 4. The van der Waals surface area contributed by atoms with E-state index in [-0.39, 0.29) is 12.1 Å². The lowest BCUT2D eigenvalue weighted by molar-refractivity contribution is 0.415. The van der Waals surface area contributed by atoms with E-state index in [0.29, 0.717) is 44.1 Å². The summed E-state index contributed by atoms with van der Waals surface area (Å²) in [6.45, 7) is 0.181. The van der Waals surface area contributed by atoms with Crippen molar-refractivity contribution in [2.75, 3.05) is 7.11 Å². The van der Waals surface area contributed by atoms with Gasteiger partial charge in [0.15, 0.2) is 0 Å². The van der Waals surface area contributed by atoms with Gasteiger partial charge in [-0.3, -0.25) is 9.48 Å². The molecule has 2 aromatic heterocycles. The first-order chi connectivity index (χ1) is 14.5. The van der Waals surface area contributed by atoms with Crippen molar-refractivity contribution in [1.29, 1.82) is 5.26 Å². The van der Waals surface area contributed by atoms with Gasteiger partial charge < -0.3 is 10.5 Å². The van der Waals surface area contributed by atoms with Gasteiger partial charge in [0.25, 0.3) is 5.56 Å². The van der Waals surface area contributed by atoms with Crippen LogP contribution in [0.25, 0.3) is 33.2 Å². The first-order valence-corrected chi connectivity index (χ1v) is 9.38. The van der Waals surface area contributed by atoms with E-state index < -0.39 is 0 Å². The Labute approximate surface area is 176 Å². The fraction of sp³-hybridized carbons (Fsp3) is 0.143. The first kappa shape index (κ1) is 19.6. The molecule has 4 aromatic rings. The number of hydrogen-bond acceptors (Lipinski definition) is 6. The number of benzene rings is 2. The number of methoxy groups -OCH3 is 1. The van der Waals surface area contributed by atoms with Crippen LogP contribution in [0.5, 0.6) is 5.75 Å². The molecule has 0 bridgehead atoms. The van der Waals surface area contributed by atoms with Gasteiger partial charge in [-0.1, -0.05) is 17.7 Å². The minimum absolute atomic E-state index is 0.181. The predicted octanol–water partition coefficient (Wildman–Crippen LogP) is 2.98. The van der Waals surface area contributed by atoms with E-state index in [1.807, 2.05) is 12.1 Å². The van der Waals surface area contributed by atoms with Crippen LogP contribution >= 0.6 is 11.6 Å². The van der Waals surface area contributed by atoms with Crippen LogP contribution in [-0.2, 0) is 13.6 Å². The van der Waals surface area contributed by atoms with Crippen LogP contribution in [0.2, 0.25) is 5.02 Å². The molecule has 0 radical (unpaired) electrons. The predicted molar refractivity (Wildman–Crippen MR) is 114 cm³/mol. The number of aromatic nitrogens is 4. The Balaban J connectivity index is 2.01. The Morgan fingerprint density at radius 2 is 2.07 bits per heavy atom. The summed E-state index contributed by atoms with van der Waals surface area (Å²) in [5, 5.41) is 22.0. The zero-order chi connectivity index (χ0) is 21.4. The van der Waals surface area contributed by atoms with Crippen molar-refractivity contribution < 1.29 is 4.74 Å². The van der Waals surface area contributed by atoms with Crippen molar-refractivity contribution in [1.82, 2.24) is 20.0 Å². The lowest BCUT2D eigenvalue weighted by atomic mass is 9.96. The molecule has 0 aliphatic carbocycles. The standard InChI is InChI=1S/C21H17ClN6O2/c1-28-20(15-6-12(30-2)7-18(22)16(15)8-23)17(10-25-28)11-3-4-13-14(5-11)19(9-24)26-27-21(13)29/h3-7,10H,9,24H2,1-2H3,(H,27,29). The molecule has 0 atom stereocenters. The van der Waals surface area contributed by atoms with Gasteiger partial charge in [0, 0.05) is 36.2 Å². The topological polar surface area (TPSA) is 123 Å². The van der Waals surface area contributed by atoms with Crippen molar-refractivity contribution in [3.8, 4) is 34.2 Å². The molecule has 0 fully saturated rings. The number of ether oxygens (including phenoxy) is 1. The summed E-state index contributed by atoms with van der Waals surface area (Å²) in [5.41, 5.74) is 9.28. The fourth-order valence-electron chi connectivity index (χ4n) is 3.51. The summed E-state index contributed by atoms with van der Waals surface area (Å²) in [7, 11) is 3.32. The zero-order valence-corrected chi connectivity index (χ0v) is 17.0. The van der Waals surface area contributed by atoms with Gasteiger partial charge in [0.05, 0.1) is 40.7 Å². The van der Waals surface area contributed by atoms with Gasteiger partial charge in [-0.2, -0.15) is 15.5 Å². The highest BCUT2D eigenvalue weighted by Crippen LogP contribution is 2.39. The summed E-state index contributed by atoms with van der Waals surface area (Å²) in [5.74, 6) is 0.529. The van der Waals surface area contributed by atoms with Crippen molar-refractivity contribution in [3.63, 3.8) is 0 Å². The average molecular weight is 421 g/mol. The number of aryl methyl sites for hydroxylation is 1. The van der Waals surface area contributed by atoms with Crippen LogP contribution in [0.15, 0.2) is 41.3 Å². The molecule has 2 heterocycles. The third-order valence-electron chi connectivity index (χ3n) is 4.98. The van der Waals surface area contributed by atoms with Gasteiger partial charge in [0.1, 0.15) is 11.8 Å². The summed E-state index contributed by atoms with van der Waals surface area (Å²) in [6.07, 6.45) is 1.70. The number of halogens is 1. The molecular formula is C21H17ClN6O2. The maximum absolute atomic E-state index is 12.1. The number of fused-ring (bicyclic) bond motifs is 1. The molecule has 0 amide bonds. The van der Waals surface area contributed by atoms with Crippen molar-refractivity contribution in [2.45, 2.75) is 6.54 Å². The Kier molecular flexibility index (Phi) is 4.99. The van der Waals surface area contributed by atoms with E-state index in [9.17, 15) is 10.1 Å².